The highest BCUT2D eigenvalue weighted by Gasteiger charge is 2.23. The van der Waals surface area contributed by atoms with Crippen molar-refractivity contribution in [1.82, 2.24) is 15.0 Å². The molecule has 0 aliphatic rings. The number of nitrogens with zero attached hydrogens (tertiary/aromatic N) is 4. The van der Waals surface area contributed by atoms with Crippen molar-refractivity contribution in [2.24, 2.45) is 0 Å². The summed E-state index contributed by atoms with van der Waals surface area (Å²) in [5.41, 5.74) is 2.46. The van der Waals surface area contributed by atoms with Gasteiger partial charge in [-0.25, -0.2) is 9.97 Å². The van der Waals surface area contributed by atoms with Crippen LogP contribution in [0.15, 0.2) is 11.8 Å². The standard InChI is InChI=1S/C11H13N5O3S/c1-7-8(20-6-15-7)3-4-19-11-9(16(17)18)10(12-2)13-5-14-11/h5-6H,3-4H2,1-2H3,(H,12,13,14). The average molecular weight is 295 g/mol. The van der Waals surface area contributed by atoms with Crippen LogP contribution in [0.3, 0.4) is 0 Å². The fourth-order valence-corrected chi connectivity index (χ4v) is 2.38. The largest absolute Gasteiger partial charge is 0.472 e. The second-order valence-corrected chi connectivity index (χ2v) is 4.78. The Labute approximate surface area is 119 Å². The van der Waals surface area contributed by atoms with E-state index in [9.17, 15) is 10.1 Å². The molecule has 0 spiro atoms. The third-order valence-electron chi connectivity index (χ3n) is 2.62. The van der Waals surface area contributed by atoms with Gasteiger partial charge in [0.15, 0.2) is 0 Å². The zero-order valence-corrected chi connectivity index (χ0v) is 11.8. The molecule has 0 saturated heterocycles. The third kappa shape index (κ3) is 2.99. The van der Waals surface area contributed by atoms with Crippen molar-refractivity contribution in [2.45, 2.75) is 13.3 Å². The van der Waals surface area contributed by atoms with Crippen LogP contribution < -0.4 is 10.1 Å². The van der Waals surface area contributed by atoms with Gasteiger partial charge in [0, 0.05) is 18.3 Å². The van der Waals surface area contributed by atoms with E-state index < -0.39 is 4.92 Å². The molecule has 2 aromatic rings. The number of nitro groups is 1. The molecule has 0 bridgehead atoms. The minimum absolute atomic E-state index is 0.0310. The highest BCUT2D eigenvalue weighted by atomic mass is 32.1. The number of hydrogen-bond donors (Lipinski definition) is 1. The van der Waals surface area contributed by atoms with Gasteiger partial charge in [0.2, 0.25) is 5.82 Å². The Kier molecular flexibility index (Phi) is 4.41. The lowest BCUT2D eigenvalue weighted by Crippen LogP contribution is -2.07. The summed E-state index contributed by atoms with van der Waals surface area (Å²) in [6.45, 7) is 2.21. The molecule has 2 aromatic heterocycles. The van der Waals surface area contributed by atoms with Gasteiger partial charge in [-0.1, -0.05) is 0 Å². The predicted molar refractivity (Wildman–Crippen MR) is 74.3 cm³/mol. The molecule has 0 aliphatic heterocycles. The molecule has 0 radical (unpaired) electrons. The van der Waals surface area contributed by atoms with Crippen molar-refractivity contribution in [2.75, 3.05) is 19.0 Å². The molecule has 2 rings (SSSR count). The molecular formula is C11H13N5O3S. The number of nitrogens with one attached hydrogen (secondary N) is 1. The Bertz CT molecular complexity index is 616. The van der Waals surface area contributed by atoms with Gasteiger partial charge < -0.3 is 10.1 Å². The quantitative estimate of drug-likeness (QED) is 0.640. The van der Waals surface area contributed by atoms with Crippen LogP contribution in [0.25, 0.3) is 0 Å². The number of ether oxygens (including phenoxy) is 1. The first kappa shape index (κ1) is 14.1. The molecular weight excluding hydrogens is 282 g/mol. The van der Waals surface area contributed by atoms with Crippen molar-refractivity contribution >= 4 is 22.8 Å². The minimum atomic E-state index is -0.556. The molecule has 0 aliphatic carbocycles. The van der Waals surface area contributed by atoms with E-state index in [2.05, 4.69) is 20.3 Å². The lowest BCUT2D eigenvalue weighted by molar-refractivity contribution is -0.385. The Hall–Kier alpha value is -2.29. The maximum absolute atomic E-state index is 11.0. The number of rotatable bonds is 6. The van der Waals surface area contributed by atoms with E-state index in [-0.39, 0.29) is 17.4 Å². The van der Waals surface area contributed by atoms with Crippen LogP contribution in [0, 0.1) is 17.0 Å². The molecule has 1 N–H and O–H groups in total. The molecule has 0 fully saturated rings. The molecule has 20 heavy (non-hydrogen) atoms. The Morgan fingerprint density at radius 1 is 1.45 bits per heavy atom. The first-order valence-electron chi connectivity index (χ1n) is 5.82. The topological polar surface area (TPSA) is 103 Å². The third-order valence-corrected chi connectivity index (χ3v) is 3.62. The van der Waals surface area contributed by atoms with Crippen LogP contribution in [-0.2, 0) is 6.42 Å². The zero-order chi connectivity index (χ0) is 14.5. The molecule has 9 heteroatoms. The summed E-state index contributed by atoms with van der Waals surface area (Å²) in [6.07, 6.45) is 1.86. The van der Waals surface area contributed by atoms with Crippen LogP contribution in [0.1, 0.15) is 10.6 Å². The van der Waals surface area contributed by atoms with Crippen molar-refractivity contribution < 1.29 is 9.66 Å². The van der Waals surface area contributed by atoms with Gasteiger partial charge in [-0.05, 0) is 6.92 Å². The Morgan fingerprint density at radius 3 is 2.85 bits per heavy atom. The summed E-state index contributed by atoms with van der Waals surface area (Å²) in [4.78, 5) is 23.3. The van der Waals surface area contributed by atoms with Crippen molar-refractivity contribution in [1.29, 1.82) is 0 Å². The second kappa shape index (κ2) is 6.24. The van der Waals surface area contributed by atoms with Crippen LogP contribution in [-0.4, -0.2) is 33.5 Å². The number of thiazole rings is 1. The normalized spacial score (nSPS) is 10.3. The Morgan fingerprint density at radius 2 is 2.25 bits per heavy atom. The highest BCUT2D eigenvalue weighted by Crippen LogP contribution is 2.30. The fourth-order valence-electron chi connectivity index (χ4n) is 1.62. The first-order valence-corrected chi connectivity index (χ1v) is 6.70. The smallest absolute Gasteiger partial charge is 0.372 e. The van der Waals surface area contributed by atoms with Crippen LogP contribution >= 0.6 is 11.3 Å². The number of anilines is 1. The van der Waals surface area contributed by atoms with E-state index in [0.717, 1.165) is 10.6 Å². The van der Waals surface area contributed by atoms with E-state index in [1.54, 1.807) is 12.6 Å². The van der Waals surface area contributed by atoms with Crippen LogP contribution in [0.4, 0.5) is 11.5 Å². The zero-order valence-electron chi connectivity index (χ0n) is 11.0. The second-order valence-electron chi connectivity index (χ2n) is 3.84. The predicted octanol–water partition coefficient (Wildman–Crippen LogP) is 1.81. The van der Waals surface area contributed by atoms with Gasteiger partial charge in [-0.2, -0.15) is 4.98 Å². The first-order chi connectivity index (χ1) is 9.63. The van der Waals surface area contributed by atoms with Crippen LogP contribution in [0.2, 0.25) is 0 Å². The van der Waals surface area contributed by atoms with E-state index in [1.807, 2.05) is 6.92 Å². The van der Waals surface area contributed by atoms with E-state index in [4.69, 9.17) is 4.74 Å². The average Bonchev–Trinajstić information content (AvgIpc) is 2.84. The van der Waals surface area contributed by atoms with Crippen molar-refractivity contribution in [3.63, 3.8) is 0 Å². The summed E-state index contributed by atoms with van der Waals surface area (Å²) < 4.78 is 5.42. The highest BCUT2D eigenvalue weighted by molar-refractivity contribution is 7.09. The van der Waals surface area contributed by atoms with Gasteiger partial charge in [-0.15, -0.1) is 11.3 Å². The lowest BCUT2D eigenvalue weighted by atomic mass is 10.3. The maximum atomic E-state index is 11.0. The Balaban J connectivity index is 2.09. The SMILES string of the molecule is CNc1ncnc(OCCc2scnc2C)c1[N+](=O)[O-]. The van der Waals surface area contributed by atoms with E-state index in [0.29, 0.717) is 13.0 Å². The summed E-state index contributed by atoms with van der Waals surface area (Å²) in [5.74, 6) is 0.102. The number of aromatic nitrogens is 3. The summed E-state index contributed by atoms with van der Waals surface area (Å²) in [5, 5.41) is 13.7. The van der Waals surface area contributed by atoms with Gasteiger partial charge in [0.05, 0.1) is 22.7 Å². The fraction of sp³-hybridized carbons (Fsp3) is 0.364. The number of hydrogen-bond acceptors (Lipinski definition) is 8. The monoisotopic (exact) mass is 295 g/mol. The van der Waals surface area contributed by atoms with Gasteiger partial charge in [0.25, 0.3) is 5.88 Å². The van der Waals surface area contributed by atoms with Crippen molar-refractivity contribution in [3.8, 4) is 5.88 Å². The van der Waals surface area contributed by atoms with E-state index in [1.165, 1.54) is 17.7 Å². The molecule has 0 atom stereocenters. The van der Waals surface area contributed by atoms with Gasteiger partial charge in [0.1, 0.15) is 6.33 Å². The molecule has 0 saturated carbocycles. The van der Waals surface area contributed by atoms with Gasteiger partial charge >= 0.3 is 5.69 Å². The minimum Gasteiger partial charge on any atom is -0.472 e. The number of aryl methyl sites for hydroxylation is 1. The summed E-state index contributed by atoms with van der Waals surface area (Å²) in [7, 11) is 1.56. The summed E-state index contributed by atoms with van der Waals surface area (Å²) >= 11 is 1.53. The molecule has 0 amide bonds. The molecule has 0 unspecified atom stereocenters. The maximum Gasteiger partial charge on any atom is 0.372 e. The molecule has 0 aromatic carbocycles. The van der Waals surface area contributed by atoms with Crippen molar-refractivity contribution in [3.05, 3.63) is 32.5 Å². The van der Waals surface area contributed by atoms with Gasteiger partial charge in [-0.3, -0.25) is 10.1 Å². The van der Waals surface area contributed by atoms with Crippen LogP contribution in [0.5, 0.6) is 5.88 Å². The summed E-state index contributed by atoms with van der Waals surface area (Å²) in [6, 6.07) is 0. The molecule has 106 valence electrons. The molecule has 8 nitrogen and oxygen atoms in total. The lowest BCUT2D eigenvalue weighted by Gasteiger charge is -2.07. The van der Waals surface area contributed by atoms with E-state index >= 15 is 0 Å². The molecule has 2 heterocycles.